The first-order valence-corrected chi connectivity index (χ1v) is 6.97. The van der Waals surface area contributed by atoms with Crippen molar-refractivity contribution in [2.45, 2.75) is 31.7 Å². The molecular formula is C13H15BrN2O3. The van der Waals surface area contributed by atoms with Gasteiger partial charge in [0.15, 0.2) is 0 Å². The number of carboxylic acid groups (broad SMARTS) is 1. The number of carbonyl (C=O) groups is 2. The Labute approximate surface area is 119 Å². The molecule has 1 aliphatic rings. The fourth-order valence-electron chi connectivity index (χ4n) is 2.57. The van der Waals surface area contributed by atoms with Gasteiger partial charge in [-0.3, -0.25) is 4.79 Å². The van der Waals surface area contributed by atoms with Crippen molar-refractivity contribution in [2.24, 2.45) is 0 Å². The number of amides is 1. The maximum atomic E-state index is 12.4. The summed E-state index contributed by atoms with van der Waals surface area (Å²) in [5.41, 5.74) is -0.645. The van der Waals surface area contributed by atoms with E-state index in [0.29, 0.717) is 29.6 Å². The first kappa shape index (κ1) is 14.0. The van der Waals surface area contributed by atoms with Crippen LogP contribution >= 0.6 is 15.9 Å². The average molecular weight is 327 g/mol. The molecule has 0 aliphatic carbocycles. The molecule has 0 saturated carbocycles. The summed E-state index contributed by atoms with van der Waals surface area (Å²) in [6.07, 6.45) is 3.11. The zero-order chi connectivity index (χ0) is 14.0. The second kappa shape index (κ2) is 5.28. The van der Waals surface area contributed by atoms with Gasteiger partial charge in [-0.2, -0.15) is 0 Å². The van der Waals surface area contributed by atoms with Crippen LogP contribution in [0.5, 0.6) is 0 Å². The van der Waals surface area contributed by atoms with Crippen molar-refractivity contribution < 1.29 is 14.7 Å². The van der Waals surface area contributed by atoms with Crippen LogP contribution in [-0.2, 0) is 4.79 Å². The number of likely N-dealkylation sites (tertiary alicyclic amines) is 1. The van der Waals surface area contributed by atoms with Gasteiger partial charge < -0.3 is 10.0 Å². The third-order valence-corrected chi connectivity index (χ3v) is 4.16. The van der Waals surface area contributed by atoms with Crippen LogP contribution in [0, 0.1) is 0 Å². The number of pyridine rings is 1. The highest BCUT2D eigenvalue weighted by molar-refractivity contribution is 9.10. The average Bonchev–Trinajstić information content (AvgIpc) is 2.83. The summed E-state index contributed by atoms with van der Waals surface area (Å²) in [6, 6.07) is 3.33. The van der Waals surface area contributed by atoms with E-state index in [1.54, 1.807) is 19.1 Å². The van der Waals surface area contributed by atoms with Crippen LogP contribution in [-0.4, -0.2) is 39.0 Å². The van der Waals surface area contributed by atoms with Crippen molar-refractivity contribution in [1.82, 2.24) is 9.88 Å². The van der Waals surface area contributed by atoms with E-state index >= 15 is 0 Å². The second-order valence-electron chi connectivity index (χ2n) is 4.62. The number of carboxylic acids is 1. The highest BCUT2D eigenvalue weighted by Gasteiger charge is 2.48. The number of hydrogen-bond acceptors (Lipinski definition) is 3. The largest absolute Gasteiger partial charge is 0.479 e. The van der Waals surface area contributed by atoms with Crippen LogP contribution in [0.1, 0.15) is 36.5 Å². The number of nitrogens with zero attached hydrogens (tertiary/aromatic N) is 2. The summed E-state index contributed by atoms with van der Waals surface area (Å²) in [5.74, 6) is -1.19. The quantitative estimate of drug-likeness (QED) is 0.865. The first-order valence-electron chi connectivity index (χ1n) is 6.18. The highest BCUT2D eigenvalue weighted by Crippen LogP contribution is 2.34. The Hall–Kier alpha value is -1.43. The maximum Gasteiger partial charge on any atom is 0.329 e. The predicted molar refractivity (Wildman–Crippen MR) is 72.9 cm³/mol. The third-order valence-electron chi connectivity index (χ3n) is 3.69. The Bertz CT molecular complexity index is 503. The minimum absolute atomic E-state index is 0.262. The lowest BCUT2D eigenvalue weighted by molar-refractivity contribution is -0.148. The molecule has 6 heteroatoms. The molecule has 102 valence electrons. The van der Waals surface area contributed by atoms with E-state index in [4.69, 9.17) is 0 Å². The lowest BCUT2D eigenvalue weighted by Gasteiger charge is -2.33. The Morgan fingerprint density at radius 1 is 1.53 bits per heavy atom. The monoisotopic (exact) mass is 326 g/mol. The van der Waals surface area contributed by atoms with Crippen molar-refractivity contribution in [3.8, 4) is 0 Å². The van der Waals surface area contributed by atoms with E-state index < -0.39 is 11.5 Å². The second-order valence-corrected chi connectivity index (χ2v) is 5.43. The molecule has 19 heavy (non-hydrogen) atoms. The normalized spacial score (nSPS) is 22.5. The summed E-state index contributed by atoms with van der Waals surface area (Å²) >= 11 is 3.21. The molecule has 1 atom stereocenters. The van der Waals surface area contributed by atoms with Gasteiger partial charge in [-0.25, -0.2) is 9.78 Å². The molecule has 5 nitrogen and oxygen atoms in total. The molecule has 1 aliphatic heterocycles. The molecule has 1 unspecified atom stereocenters. The van der Waals surface area contributed by atoms with Gasteiger partial charge in [-0.15, -0.1) is 0 Å². The smallest absolute Gasteiger partial charge is 0.329 e. The summed E-state index contributed by atoms with van der Waals surface area (Å²) in [7, 11) is 0. The van der Waals surface area contributed by atoms with Crippen molar-refractivity contribution in [1.29, 1.82) is 0 Å². The summed E-state index contributed by atoms with van der Waals surface area (Å²) < 4.78 is 0.644. The van der Waals surface area contributed by atoms with Gasteiger partial charge >= 0.3 is 5.97 Å². The number of aromatic nitrogens is 1. The van der Waals surface area contributed by atoms with Gasteiger partial charge in [-0.1, -0.05) is 6.92 Å². The summed E-state index contributed by atoms with van der Waals surface area (Å²) in [6.45, 7) is 2.29. The number of halogens is 1. The number of aliphatic carboxylic acids is 1. The fraction of sp³-hybridized carbons (Fsp3) is 0.462. The SMILES string of the molecule is CCC1(C(=O)O)CCCN1C(=O)c1ccc(Br)nc1. The van der Waals surface area contributed by atoms with Crippen LogP contribution in [0.3, 0.4) is 0 Å². The Morgan fingerprint density at radius 2 is 2.26 bits per heavy atom. The highest BCUT2D eigenvalue weighted by atomic mass is 79.9. The van der Waals surface area contributed by atoms with E-state index in [1.807, 2.05) is 0 Å². The van der Waals surface area contributed by atoms with Gasteiger partial charge in [-0.05, 0) is 47.3 Å². The van der Waals surface area contributed by atoms with Gasteiger partial charge in [0.2, 0.25) is 0 Å². The van der Waals surface area contributed by atoms with E-state index in [-0.39, 0.29) is 5.91 Å². The Morgan fingerprint density at radius 3 is 2.79 bits per heavy atom. The molecule has 2 heterocycles. The van der Waals surface area contributed by atoms with Crippen molar-refractivity contribution in [3.63, 3.8) is 0 Å². The van der Waals surface area contributed by atoms with E-state index in [2.05, 4.69) is 20.9 Å². The maximum absolute atomic E-state index is 12.4. The molecular weight excluding hydrogens is 312 g/mol. The third kappa shape index (κ3) is 2.36. The van der Waals surface area contributed by atoms with E-state index in [9.17, 15) is 14.7 Å². The number of hydrogen-bond donors (Lipinski definition) is 1. The van der Waals surface area contributed by atoms with Crippen LogP contribution in [0.4, 0.5) is 0 Å². The van der Waals surface area contributed by atoms with Crippen molar-refractivity contribution in [3.05, 3.63) is 28.5 Å². The molecule has 1 fully saturated rings. The van der Waals surface area contributed by atoms with E-state index in [1.165, 1.54) is 11.1 Å². The van der Waals surface area contributed by atoms with Crippen molar-refractivity contribution >= 4 is 27.8 Å². The zero-order valence-electron chi connectivity index (χ0n) is 10.6. The molecule has 1 saturated heterocycles. The number of rotatable bonds is 3. The minimum atomic E-state index is -1.07. The van der Waals surface area contributed by atoms with E-state index in [0.717, 1.165) is 6.42 Å². The number of carbonyl (C=O) groups excluding carboxylic acids is 1. The molecule has 0 bridgehead atoms. The molecule has 1 amide bonds. The summed E-state index contributed by atoms with van der Waals surface area (Å²) in [4.78, 5) is 29.5. The molecule has 1 N–H and O–H groups in total. The minimum Gasteiger partial charge on any atom is -0.479 e. The standard InChI is InChI=1S/C13H15BrN2O3/c1-2-13(12(18)19)6-3-7-16(13)11(17)9-4-5-10(14)15-8-9/h4-5,8H,2-3,6-7H2,1H3,(H,18,19). The Kier molecular flexibility index (Phi) is 3.89. The summed E-state index contributed by atoms with van der Waals surface area (Å²) in [5, 5.41) is 9.46. The molecule has 0 spiro atoms. The van der Waals surface area contributed by atoms with Crippen molar-refractivity contribution in [2.75, 3.05) is 6.54 Å². The van der Waals surface area contributed by atoms with Crippen LogP contribution < -0.4 is 0 Å². The zero-order valence-corrected chi connectivity index (χ0v) is 12.2. The van der Waals surface area contributed by atoms with Crippen LogP contribution in [0.15, 0.2) is 22.9 Å². The lowest BCUT2D eigenvalue weighted by atomic mass is 9.92. The Balaban J connectivity index is 2.32. The van der Waals surface area contributed by atoms with Gasteiger partial charge in [0, 0.05) is 12.7 Å². The molecule has 1 aromatic heterocycles. The van der Waals surface area contributed by atoms with Gasteiger partial charge in [0.1, 0.15) is 10.1 Å². The van der Waals surface area contributed by atoms with Crippen LogP contribution in [0.25, 0.3) is 0 Å². The van der Waals surface area contributed by atoms with Gasteiger partial charge in [0.05, 0.1) is 5.56 Å². The topological polar surface area (TPSA) is 70.5 Å². The first-order chi connectivity index (χ1) is 9.01. The molecule has 1 aromatic rings. The van der Waals surface area contributed by atoms with Crippen LogP contribution in [0.2, 0.25) is 0 Å². The predicted octanol–water partition coefficient (Wildman–Crippen LogP) is 2.31. The van der Waals surface area contributed by atoms with Gasteiger partial charge in [0.25, 0.3) is 5.91 Å². The molecule has 2 rings (SSSR count). The molecule has 0 radical (unpaired) electrons. The molecule has 0 aromatic carbocycles. The lowest BCUT2D eigenvalue weighted by Crippen LogP contribution is -2.52. The fourth-order valence-corrected chi connectivity index (χ4v) is 2.81.